The molecule has 0 aliphatic rings. The molecular weight excluding hydrogens is 172 g/mol. The molecule has 0 unspecified atom stereocenters. The summed E-state index contributed by atoms with van der Waals surface area (Å²) in [6.45, 7) is 2.63. The summed E-state index contributed by atoms with van der Waals surface area (Å²) in [5.74, 6) is 0. The van der Waals surface area contributed by atoms with E-state index in [1.165, 1.54) is 5.56 Å². The van der Waals surface area contributed by atoms with Gasteiger partial charge in [-0.05, 0) is 24.1 Å². The summed E-state index contributed by atoms with van der Waals surface area (Å²) < 4.78 is 0. The first kappa shape index (κ1) is 11.1. The van der Waals surface area contributed by atoms with Crippen molar-refractivity contribution in [2.75, 3.05) is 6.54 Å². The second kappa shape index (κ2) is 5.75. The van der Waals surface area contributed by atoms with Gasteiger partial charge in [0.2, 0.25) is 0 Å². The number of nitrogens with two attached hydrogens (primary N) is 1. The van der Waals surface area contributed by atoms with Crippen LogP contribution in [0.4, 0.5) is 0 Å². The van der Waals surface area contributed by atoms with E-state index in [4.69, 9.17) is 5.73 Å². The number of aryl methyl sites for hydroxylation is 1. The molecule has 66 valence electrons. The van der Waals surface area contributed by atoms with Gasteiger partial charge >= 0.3 is 0 Å². The van der Waals surface area contributed by atoms with E-state index < -0.39 is 0 Å². The van der Waals surface area contributed by atoms with Crippen LogP contribution in [0.25, 0.3) is 6.08 Å². The van der Waals surface area contributed by atoms with Crippen molar-refractivity contribution in [3.8, 4) is 0 Å². The highest BCUT2D eigenvalue weighted by Gasteiger charge is 1.89. The highest BCUT2D eigenvalue weighted by molar-refractivity contribution is 5.85. The molecule has 1 aromatic rings. The maximum atomic E-state index is 5.32. The van der Waals surface area contributed by atoms with Crippen molar-refractivity contribution in [3.05, 3.63) is 35.7 Å². The fourth-order valence-electron chi connectivity index (χ4n) is 0.846. The van der Waals surface area contributed by atoms with Gasteiger partial charge in [0.25, 0.3) is 0 Å². The largest absolute Gasteiger partial charge is 0.327 e. The molecule has 0 aliphatic carbocycles. The van der Waals surface area contributed by atoms with E-state index in [9.17, 15) is 0 Å². The van der Waals surface area contributed by atoms with Crippen LogP contribution in [-0.2, 0) is 0 Å². The van der Waals surface area contributed by atoms with Gasteiger partial charge in [-0.15, -0.1) is 12.4 Å². The molecule has 1 aromatic heterocycles. The monoisotopic (exact) mass is 184 g/mol. The summed E-state index contributed by atoms with van der Waals surface area (Å²) in [7, 11) is 0. The molecule has 0 amide bonds. The van der Waals surface area contributed by atoms with Crippen molar-refractivity contribution < 1.29 is 0 Å². The standard InChI is InChI=1S/C9H12N2.ClH/c1-8-4-6-11-7-9(8)3-2-5-10;/h2-4,6-7H,5,10H2,1H3;1H/b3-2+;. The molecule has 2 nitrogen and oxygen atoms in total. The number of halogens is 1. The van der Waals surface area contributed by atoms with E-state index in [0.717, 1.165) is 5.56 Å². The van der Waals surface area contributed by atoms with Crippen LogP contribution in [0.15, 0.2) is 24.5 Å². The van der Waals surface area contributed by atoms with Gasteiger partial charge in [-0.1, -0.05) is 12.2 Å². The molecule has 0 aliphatic heterocycles. The minimum atomic E-state index is 0. The molecule has 0 radical (unpaired) electrons. The molecule has 0 atom stereocenters. The van der Waals surface area contributed by atoms with Crippen molar-refractivity contribution in [2.24, 2.45) is 5.73 Å². The Morgan fingerprint density at radius 2 is 2.33 bits per heavy atom. The predicted octanol–water partition coefficient (Wildman–Crippen LogP) is 1.78. The Morgan fingerprint density at radius 3 is 2.92 bits per heavy atom. The SMILES string of the molecule is Cc1ccncc1/C=C/CN.Cl. The lowest BCUT2D eigenvalue weighted by Crippen LogP contribution is -1.92. The molecule has 3 heteroatoms. The molecule has 0 aromatic carbocycles. The van der Waals surface area contributed by atoms with Gasteiger partial charge in [0.05, 0.1) is 0 Å². The van der Waals surface area contributed by atoms with Crippen LogP contribution >= 0.6 is 12.4 Å². The summed E-state index contributed by atoms with van der Waals surface area (Å²) >= 11 is 0. The molecule has 0 fully saturated rings. The van der Waals surface area contributed by atoms with E-state index in [1.807, 2.05) is 24.4 Å². The Bertz CT molecular complexity index is 258. The summed E-state index contributed by atoms with van der Waals surface area (Å²) in [6, 6.07) is 1.98. The van der Waals surface area contributed by atoms with E-state index >= 15 is 0 Å². The van der Waals surface area contributed by atoms with Crippen LogP contribution in [0.2, 0.25) is 0 Å². The Labute approximate surface area is 78.9 Å². The van der Waals surface area contributed by atoms with E-state index in [0.29, 0.717) is 6.54 Å². The highest BCUT2D eigenvalue weighted by atomic mass is 35.5. The minimum Gasteiger partial charge on any atom is -0.327 e. The molecule has 0 saturated heterocycles. The van der Waals surface area contributed by atoms with Gasteiger partial charge in [-0.2, -0.15) is 0 Å². The molecule has 0 bridgehead atoms. The van der Waals surface area contributed by atoms with Gasteiger partial charge in [0.15, 0.2) is 0 Å². The zero-order valence-corrected chi connectivity index (χ0v) is 7.84. The van der Waals surface area contributed by atoms with Crippen molar-refractivity contribution in [2.45, 2.75) is 6.92 Å². The smallest absolute Gasteiger partial charge is 0.0342 e. The maximum Gasteiger partial charge on any atom is 0.0342 e. The Hall–Kier alpha value is -0.860. The third kappa shape index (κ3) is 3.03. The lowest BCUT2D eigenvalue weighted by atomic mass is 10.1. The lowest BCUT2D eigenvalue weighted by Gasteiger charge is -1.96. The molecule has 2 N–H and O–H groups in total. The molecule has 12 heavy (non-hydrogen) atoms. The van der Waals surface area contributed by atoms with Crippen LogP contribution in [-0.4, -0.2) is 11.5 Å². The molecule has 0 saturated carbocycles. The van der Waals surface area contributed by atoms with Crippen LogP contribution < -0.4 is 5.73 Å². The van der Waals surface area contributed by atoms with Gasteiger partial charge in [-0.3, -0.25) is 4.98 Å². The first-order valence-electron chi connectivity index (χ1n) is 3.62. The van der Waals surface area contributed by atoms with Crippen molar-refractivity contribution in [3.63, 3.8) is 0 Å². The number of hydrogen-bond acceptors (Lipinski definition) is 2. The predicted molar refractivity (Wildman–Crippen MR) is 54.3 cm³/mol. The van der Waals surface area contributed by atoms with Crippen molar-refractivity contribution >= 4 is 18.5 Å². The molecule has 0 spiro atoms. The number of pyridine rings is 1. The first-order chi connectivity index (χ1) is 5.34. The second-order valence-electron chi connectivity index (χ2n) is 2.37. The van der Waals surface area contributed by atoms with E-state index in [1.54, 1.807) is 6.20 Å². The van der Waals surface area contributed by atoms with Crippen LogP contribution in [0.5, 0.6) is 0 Å². The van der Waals surface area contributed by atoms with Crippen LogP contribution in [0, 0.1) is 6.92 Å². The topological polar surface area (TPSA) is 38.9 Å². The molecule has 1 rings (SSSR count). The van der Waals surface area contributed by atoms with Gasteiger partial charge < -0.3 is 5.73 Å². The zero-order chi connectivity index (χ0) is 8.10. The summed E-state index contributed by atoms with van der Waals surface area (Å²) in [6.07, 6.45) is 7.53. The second-order valence-corrected chi connectivity index (χ2v) is 2.37. The van der Waals surface area contributed by atoms with Crippen molar-refractivity contribution in [1.82, 2.24) is 4.98 Å². The highest BCUT2D eigenvalue weighted by Crippen LogP contribution is 2.05. The quantitative estimate of drug-likeness (QED) is 0.761. The number of rotatable bonds is 2. The van der Waals surface area contributed by atoms with Crippen LogP contribution in [0.3, 0.4) is 0 Å². The number of aromatic nitrogens is 1. The fraction of sp³-hybridized carbons (Fsp3) is 0.222. The summed E-state index contributed by atoms with van der Waals surface area (Å²) in [4.78, 5) is 4.01. The van der Waals surface area contributed by atoms with Crippen molar-refractivity contribution in [1.29, 1.82) is 0 Å². The van der Waals surface area contributed by atoms with E-state index in [2.05, 4.69) is 11.9 Å². The minimum absolute atomic E-state index is 0. The first-order valence-corrected chi connectivity index (χ1v) is 3.62. The van der Waals surface area contributed by atoms with Gasteiger partial charge in [-0.25, -0.2) is 0 Å². The zero-order valence-electron chi connectivity index (χ0n) is 7.03. The number of nitrogens with zero attached hydrogens (tertiary/aromatic N) is 1. The molecule has 1 heterocycles. The third-order valence-electron chi connectivity index (χ3n) is 1.51. The fourth-order valence-corrected chi connectivity index (χ4v) is 0.846. The third-order valence-corrected chi connectivity index (χ3v) is 1.51. The van der Waals surface area contributed by atoms with Gasteiger partial charge in [0, 0.05) is 18.9 Å². The summed E-state index contributed by atoms with van der Waals surface area (Å²) in [5.41, 5.74) is 7.68. The normalized spacial score (nSPS) is 9.83. The average Bonchev–Trinajstić information content (AvgIpc) is 2.03. The maximum absolute atomic E-state index is 5.32. The average molecular weight is 185 g/mol. The lowest BCUT2D eigenvalue weighted by molar-refractivity contribution is 1.25. The summed E-state index contributed by atoms with van der Waals surface area (Å²) in [5, 5.41) is 0. The Kier molecular flexibility index (Phi) is 5.34. The Morgan fingerprint density at radius 1 is 1.58 bits per heavy atom. The van der Waals surface area contributed by atoms with Crippen LogP contribution in [0.1, 0.15) is 11.1 Å². The van der Waals surface area contributed by atoms with Gasteiger partial charge in [0.1, 0.15) is 0 Å². The van der Waals surface area contributed by atoms with E-state index in [-0.39, 0.29) is 12.4 Å². The number of hydrogen-bond donors (Lipinski definition) is 1. The molecular formula is C9H13ClN2. The Balaban J connectivity index is 0.00000121.